The lowest BCUT2D eigenvalue weighted by Gasteiger charge is -2.21. The Labute approximate surface area is 120 Å². The molecule has 3 rings (SSSR count). The monoisotopic (exact) mass is 322 g/mol. The topological polar surface area (TPSA) is 24.9 Å². The van der Waals surface area contributed by atoms with Crippen LogP contribution in [0, 0.1) is 5.82 Å². The molecule has 2 aromatic rings. The first kappa shape index (κ1) is 12.9. The second-order valence-electron chi connectivity index (χ2n) is 4.93. The van der Waals surface area contributed by atoms with Gasteiger partial charge in [0.25, 0.3) is 0 Å². The largest absolute Gasteiger partial charge is 0.384 e. The van der Waals surface area contributed by atoms with Gasteiger partial charge < -0.3 is 5.32 Å². The highest BCUT2D eigenvalue weighted by Gasteiger charge is 2.18. The number of rotatable bonds is 2. The first-order valence-electron chi connectivity index (χ1n) is 6.75. The number of halogens is 2. The van der Waals surface area contributed by atoms with Crippen LogP contribution in [-0.2, 0) is 12.8 Å². The molecule has 100 valence electrons. The molecule has 0 amide bonds. The van der Waals surface area contributed by atoms with Gasteiger partial charge in [0.2, 0.25) is 0 Å². The van der Waals surface area contributed by atoms with Crippen molar-refractivity contribution in [3.8, 4) is 0 Å². The number of nitrogens with one attached hydrogen (secondary N) is 1. The number of aromatic nitrogens is 1. The summed E-state index contributed by atoms with van der Waals surface area (Å²) in [5, 5.41) is 4.45. The third-order valence-corrected chi connectivity index (χ3v) is 4.27. The van der Waals surface area contributed by atoms with Crippen LogP contribution in [0.5, 0.6) is 0 Å². The van der Waals surface area contributed by atoms with Gasteiger partial charge in [-0.2, -0.15) is 0 Å². The number of fused-ring (bicyclic) bond motifs is 2. The SMILES string of the molecule is CCNc1c2c(nc3cc(F)c(Br)cc13)CCCC2. The van der Waals surface area contributed by atoms with E-state index in [2.05, 4.69) is 33.2 Å². The van der Waals surface area contributed by atoms with Crippen LogP contribution in [-0.4, -0.2) is 11.5 Å². The molecule has 0 saturated carbocycles. The van der Waals surface area contributed by atoms with Crippen LogP contribution in [0.25, 0.3) is 10.9 Å². The molecular formula is C15H16BrFN2. The maximum atomic E-state index is 13.7. The number of anilines is 1. The second-order valence-corrected chi connectivity index (χ2v) is 5.79. The van der Waals surface area contributed by atoms with Gasteiger partial charge >= 0.3 is 0 Å². The van der Waals surface area contributed by atoms with Crippen molar-refractivity contribution < 1.29 is 4.39 Å². The molecule has 0 fully saturated rings. The summed E-state index contributed by atoms with van der Waals surface area (Å²) in [5.74, 6) is -0.252. The summed E-state index contributed by atoms with van der Waals surface area (Å²) in [7, 11) is 0. The predicted octanol–water partition coefficient (Wildman–Crippen LogP) is 4.45. The van der Waals surface area contributed by atoms with Crippen molar-refractivity contribution >= 4 is 32.5 Å². The van der Waals surface area contributed by atoms with Gasteiger partial charge in [-0.15, -0.1) is 0 Å². The van der Waals surface area contributed by atoms with E-state index in [4.69, 9.17) is 0 Å². The summed E-state index contributed by atoms with van der Waals surface area (Å²) in [6.07, 6.45) is 4.45. The Kier molecular flexibility index (Phi) is 3.44. The highest BCUT2D eigenvalue weighted by Crippen LogP contribution is 2.35. The average molecular weight is 323 g/mol. The van der Waals surface area contributed by atoms with Crippen molar-refractivity contribution in [1.82, 2.24) is 4.98 Å². The van der Waals surface area contributed by atoms with Gasteiger partial charge in [0.15, 0.2) is 0 Å². The van der Waals surface area contributed by atoms with Gasteiger partial charge in [-0.05, 0) is 60.2 Å². The maximum Gasteiger partial charge on any atom is 0.139 e. The summed E-state index contributed by atoms with van der Waals surface area (Å²) in [6, 6.07) is 3.36. The number of nitrogens with zero attached hydrogens (tertiary/aromatic N) is 1. The van der Waals surface area contributed by atoms with E-state index in [1.165, 1.54) is 24.5 Å². The minimum atomic E-state index is -0.252. The zero-order chi connectivity index (χ0) is 13.4. The Morgan fingerprint density at radius 1 is 1.32 bits per heavy atom. The van der Waals surface area contributed by atoms with E-state index >= 15 is 0 Å². The Morgan fingerprint density at radius 2 is 2.11 bits per heavy atom. The smallest absolute Gasteiger partial charge is 0.139 e. The molecule has 1 aromatic heterocycles. The molecule has 1 aliphatic carbocycles. The minimum Gasteiger partial charge on any atom is -0.384 e. The van der Waals surface area contributed by atoms with Crippen molar-refractivity contribution in [1.29, 1.82) is 0 Å². The Morgan fingerprint density at radius 3 is 2.89 bits per heavy atom. The zero-order valence-electron chi connectivity index (χ0n) is 10.9. The lowest BCUT2D eigenvalue weighted by atomic mass is 9.92. The fraction of sp³-hybridized carbons (Fsp3) is 0.400. The van der Waals surface area contributed by atoms with Crippen molar-refractivity contribution in [2.75, 3.05) is 11.9 Å². The fourth-order valence-corrected chi connectivity index (χ4v) is 3.14. The molecule has 1 aromatic carbocycles. The van der Waals surface area contributed by atoms with Crippen LogP contribution in [0.2, 0.25) is 0 Å². The van der Waals surface area contributed by atoms with Crippen LogP contribution in [0.15, 0.2) is 16.6 Å². The molecule has 19 heavy (non-hydrogen) atoms. The summed E-state index contributed by atoms with van der Waals surface area (Å²) in [4.78, 5) is 4.66. The normalized spacial score (nSPS) is 14.5. The summed E-state index contributed by atoms with van der Waals surface area (Å²) < 4.78 is 14.2. The molecule has 1 aliphatic rings. The molecule has 0 saturated heterocycles. The van der Waals surface area contributed by atoms with E-state index in [-0.39, 0.29) is 5.82 Å². The number of aryl methyl sites for hydroxylation is 1. The number of pyridine rings is 1. The van der Waals surface area contributed by atoms with Gasteiger partial charge in [-0.1, -0.05) is 0 Å². The van der Waals surface area contributed by atoms with Crippen LogP contribution in [0.1, 0.15) is 31.0 Å². The standard InChI is InChI=1S/C15H16BrFN2/c1-2-18-15-9-5-3-4-6-13(9)19-14-8-12(17)11(16)7-10(14)15/h7-8H,2-6H2,1H3,(H,18,19). The molecule has 4 heteroatoms. The molecule has 0 unspecified atom stereocenters. The van der Waals surface area contributed by atoms with E-state index in [1.807, 2.05) is 6.07 Å². The van der Waals surface area contributed by atoms with Gasteiger partial charge in [0.05, 0.1) is 9.99 Å². The van der Waals surface area contributed by atoms with E-state index < -0.39 is 0 Å². The lowest BCUT2D eigenvalue weighted by Crippen LogP contribution is -2.11. The van der Waals surface area contributed by atoms with Gasteiger partial charge in [0, 0.05) is 29.4 Å². The van der Waals surface area contributed by atoms with Crippen molar-refractivity contribution in [2.45, 2.75) is 32.6 Å². The van der Waals surface area contributed by atoms with Crippen LogP contribution in [0.4, 0.5) is 10.1 Å². The highest BCUT2D eigenvalue weighted by atomic mass is 79.9. The third-order valence-electron chi connectivity index (χ3n) is 3.66. The van der Waals surface area contributed by atoms with Gasteiger partial charge in [0.1, 0.15) is 5.82 Å². The predicted molar refractivity (Wildman–Crippen MR) is 80.2 cm³/mol. The molecule has 0 atom stereocenters. The average Bonchev–Trinajstić information content (AvgIpc) is 2.41. The lowest BCUT2D eigenvalue weighted by molar-refractivity contribution is 0.622. The fourth-order valence-electron chi connectivity index (χ4n) is 2.80. The summed E-state index contributed by atoms with van der Waals surface area (Å²) in [6.45, 7) is 2.95. The number of hydrogen-bond acceptors (Lipinski definition) is 2. The minimum absolute atomic E-state index is 0.252. The molecule has 1 heterocycles. The van der Waals surface area contributed by atoms with Crippen molar-refractivity contribution in [2.24, 2.45) is 0 Å². The quantitative estimate of drug-likeness (QED) is 0.883. The number of benzene rings is 1. The first-order valence-corrected chi connectivity index (χ1v) is 7.54. The molecule has 1 N–H and O–H groups in total. The van der Waals surface area contributed by atoms with Crippen LogP contribution < -0.4 is 5.32 Å². The molecule has 2 nitrogen and oxygen atoms in total. The summed E-state index contributed by atoms with van der Waals surface area (Å²) in [5.41, 5.74) is 4.34. The zero-order valence-corrected chi connectivity index (χ0v) is 12.5. The van der Waals surface area contributed by atoms with Crippen molar-refractivity contribution in [3.05, 3.63) is 33.7 Å². The molecule has 0 bridgehead atoms. The van der Waals surface area contributed by atoms with Crippen molar-refractivity contribution in [3.63, 3.8) is 0 Å². The molecule has 0 radical (unpaired) electrons. The molecular weight excluding hydrogens is 307 g/mol. The Bertz CT molecular complexity index is 640. The van der Waals surface area contributed by atoms with E-state index in [0.29, 0.717) is 4.47 Å². The highest BCUT2D eigenvalue weighted by molar-refractivity contribution is 9.10. The van der Waals surface area contributed by atoms with E-state index in [9.17, 15) is 4.39 Å². The number of hydrogen-bond donors (Lipinski definition) is 1. The third kappa shape index (κ3) is 2.22. The van der Waals surface area contributed by atoms with Gasteiger partial charge in [-0.25, -0.2) is 4.39 Å². The maximum absolute atomic E-state index is 13.7. The second kappa shape index (κ2) is 5.08. The molecule has 0 aliphatic heterocycles. The van der Waals surface area contributed by atoms with Gasteiger partial charge in [-0.3, -0.25) is 4.98 Å². The van der Waals surface area contributed by atoms with Crippen LogP contribution >= 0.6 is 15.9 Å². The summed E-state index contributed by atoms with van der Waals surface area (Å²) >= 11 is 3.27. The first-order chi connectivity index (χ1) is 9.20. The Balaban J connectivity index is 2.32. The van der Waals surface area contributed by atoms with E-state index in [0.717, 1.165) is 41.7 Å². The van der Waals surface area contributed by atoms with Crippen LogP contribution in [0.3, 0.4) is 0 Å². The Hall–Kier alpha value is -1.16. The van der Waals surface area contributed by atoms with E-state index in [1.54, 1.807) is 0 Å². The molecule has 0 spiro atoms.